The van der Waals surface area contributed by atoms with Gasteiger partial charge in [0.15, 0.2) is 0 Å². The Kier molecular flexibility index (Phi) is 4.11. The minimum absolute atomic E-state index is 0.258. The SMILES string of the molecule is CC1CCCC(C2CC(=O)NN2C2CCCCC2)C1. The maximum Gasteiger partial charge on any atom is 0.235 e. The second kappa shape index (κ2) is 5.82. The van der Waals surface area contributed by atoms with Gasteiger partial charge in [-0.1, -0.05) is 39.0 Å². The molecule has 3 aliphatic rings. The molecule has 3 atom stereocenters. The first-order valence-electron chi connectivity index (χ1n) is 8.32. The zero-order valence-corrected chi connectivity index (χ0v) is 12.2. The standard InChI is InChI=1S/C16H28N2O/c1-12-6-5-7-13(10-12)15-11-16(19)17-18(15)14-8-3-2-4-9-14/h12-15H,2-11H2,1H3,(H,17,19). The van der Waals surface area contributed by atoms with Crippen LogP contribution in [0, 0.1) is 11.8 Å². The summed E-state index contributed by atoms with van der Waals surface area (Å²) >= 11 is 0. The largest absolute Gasteiger partial charge is 0.288 e. The summed E-state index contributed by atoms with van der Waals surface area (Å²) in [7, 11) is 0. The molecule has 3 rings (SSSR count). The molecule has 2 saturated carbocycles. The molecule has 0 radical (unpaired) electrons. The molecule has 1 N–H and O–H groups in total. The maximum absolute atomic E-state index is 11.9. The number of carbonyl (C=O) groups is 1. The van der Waals surface area contributed by atoms with E-state index >= 15 is 0 Å². The first kappa shape index (κ1) is 13.4. The lowest BCUT2D eigenvalue weighted by Crippen LogP contribution is -2.49. The topological polar surface area (TPSA) is 32.3 Å². The molecule has 0 aromatic heterocycles. The Labute approximate surface area is 117 Å². The van der Waals surface area contributed by atoms with Gasteiger partial charge in [0.1, 0.15) is 0 Å². The first-order valence-corrected chi connectivity index (χ1v) is 8.32. The molecule has 1 saturated heterocycles. The van der Waals surface area contributed by atoms with E-state index in [4.69, 9.17) is 0 Å². The second-order valence-electron chi connectivity index (χ2n) is 7.04. The van der Waals surface area contributed by atoms with Crippen LogP contribution in [-0.2, 0) is 4.79 Å². The quantitative estimate of drug-likeness (QED) is 0.830. The predicted octanol–water partition coefficient (Wildman–Crippen LogP) is 3.25. The van der Waals surface area contributed by atoms with Gasteiger partial charge < -0.3 is 0 Å². The first-order chi connectivity index (χ1) is 9.24. The summed E-state index contributed by atoms with van der Waals surface area (Å²) in [5, 5.41) is 2.38. The molecule has 3 nitrogen and oxygen atoms in total. The number of carbonyl (C=O) groups excluding carboxylic acids is 1. The third-order valence-corrected chi connectivity index (χ3v) is 5.49. The maximum atomic E-state index is 11.9. The molecule has 0 aromatic carbocycles. The van der Waals surface area contributed by atoms with E-state index in [0.29, 0.717) is 12.1 Å². The van der Waals surface area contributed by atoms with Gasteiger partial charge >= 0.3 is 0 Å². The molecule has 3 unspecified atom stereocenters. The van der Waals surface area contributed by atoms with Gasteiger partial charge in [-0.25, -0.2) is 5.01 Å². The van der Waals surface area contributed by atoms with E-state index in [1.54, 1.807) is 0 Å². The van der Waals surface area contributed by atoms with Crippen LogP contribution in [0.1, 0.15) is 71.1 Å². The molecule has 1 aliphatic heterocycles. The number of hydrogen-bond acceptors (Lipinski definition) is 2. The van der Waals surface area contributed by atoms with Crippen LogP contribution in [0.5, 0.6) is 0 Å². The molecule has 3 heteroatoms. The highest BCUT2D eigenvalue weighted by Crippen LogP contribution is 2.37. The monoisotopic (exact) mass is 264 g/mol. The van der Waals surface area contributed by atoms with Crippen molar-refractivity contribution >= 4 is 5.91 Å². The minimum atomic E-state index is 0.258. The number of nitrogens with zero attached hydrogens (tertiary/aromatic N) is 1. The molecule has 3 fully saturated rings. The van der Waals surface area contributed by atoms with Crippen molar-refractivity contribution in [3.63, 3.8) is 0 Å². The van der Waals surface area contributed by atoms with E-state index in [1.165, 1.54) is 57.8 Å². The lowest BCUT2D eigenvalue weighted by Gasteiger charge is -2.40. The summed E-state index contributed by atoms with van der Waals surface area (Å²) in [5.41, 5.74) is 3.18. The molecule has 2 aliphatic carbocycles. The lowest BCUT2D eigenvalue weighted by atomic mass is 9.77. The van der Waals surface area contributed by atoms with Gasteiger partial charge in [0.05, 0.1) is 0 Å². The normalized spacial score (nSPS) is 38.4. The molecule has 1 heterocycles. The minimum Gasteiger partial charge on any atom is -0.288 e. The molecule has 0 spiro atoms. The van der Waals surface area contributed by atoms with Crippen LogP contribution in [0.15, 0.2) is 0 Å². The summed E-state index contributed by atoms with van der Waals surface area (Å²) in [6.07, 6.45) is 12.7. The number of amides is 1. The molecular formula is C16H28N2O. The Hall–Kier alpha value is -0.570. The fourth-order valence-corrected chi connectivity index (χ4v) is 4.51. The average molecular weight is 264 g/mol. The third-order valence-electron chi connectivity index (χ3n) is 5.49. The van der Waals surface area contributed by atoms with Gasteiger partial charge in [0, 0.05) is 18.5 Å². The summed E-state index contributed by atoms with van der Waals surface area (Å²) in [4.78, 5) is 11.9. The molecular weight excluding hydrogens is 236 g/mol. The van der Waals surface area contributed by atoms with Crippen LogP contribution in [0.25, 0.3) is 0 Å². The van der Waals surface area contributed by atoms with Crippen LogP contribution >= 0.6 is 0 Å². The predicted molar refractivity (Wildman–Crippen MR) is 76.4 cm³/mol. The van der Waals surface area contributed by atoms with Crippen molar-refractivity contribution in [1.82, 2.24) is 10.4 Å². The summed E-state index contributed by atoms with van der Waals surface area (Å²) in [6.45, 7) is 2.38. The van der Waals surface area contributed by atoms with Crippen LogP contribution in [0.2, 0.25) is 0 Å². The van der Waals surface area contributed by atoms with Crippen LogP contribution in [-0.4, -0.2) is 23.0 Å². The molecule has 0 aromatic rings. The van der Waals surface area contributed by atoms with Gasteiger partial charge in [0.25, 0.3) is 0 Å². The zero-order valence-electron chi connectivity index (χ0n) is 12.2. The fraction of sp³-hybridized carbons (Fsp3) is 0.938. The molecule has 1 amide bonds. The van der Waals surface area contributed by atoms with Crippen molar-refractivity contribution in [1.29, 1.82) is 0 Å². The highest BCUT2D eigenvalue weighted by Gasteiger charge is 2.40. The third kappa shape index (κ3) is 2.96. The molecule has 0 bridgehead atoms. The van der Waals surface area contributed by atoms with Crippen LogP contribution < -0.4 is 5.43 Å². The van der Waals surface area contributed by atoms with Gasteiger partial charge in [-0.15, -0.1) is 0 Å². The number of hydrazine groups is 1. The fourth-order valence-electron chi connectivity index (χ4n) is 4.51. The number of hydrogen-bond donors (Lipinski definition) is 1. The second-order valence-corrected chi connectivity index (χ2v) is 7.04. The smallest absolute Gasteiger partial charge is 0.235 e. The number of nitrogens with one attached hydrogen (secondary N) is 1. The van der Waals surface area contributed by atoms with E-state index in [1.807, 2.05) is 0 Å². The Morgan fingerprint density at radius 2 is 1.84 bits per heavy atom. The van der Waals surface area contributed by atoms with E-state index < -0.39 is 0 Å². The van der Waals surface area contributed by atoms with E-state index in [-0.39, 0.29) is 5.91 Å². The van der Waals surface area contributed by atoms with Crippen molar-refractivity contribution in [3.05, 3.63) is 0 Å². The van der Waals surface area contributed by atoms with Gasteiger partial charge in [-0.05, 0) is 37.5 Å². The van der Waals surface area contributed by atoms with Gasteiger partial charge in [-0.3, -0.25) is 10.2 Å². The number of rotatable bonds is 2. The highest BCUT2D eigenvalue weighted by atomic mass is 16.2. The van der Waals surface area contributed by atoms with E-state index in [2.05, 4.69) is 17.4 Å². The van der Waals surface area contributed by atoms with Crippen molar-refractivity contribution in [3.8, 4) is 0 Å². The molecule has 19 heavy (non-hydrogen) atoms. The van der Waals surface area contributed by atoms with Crippen molar-refractivity contribution in [2.24, 2.45) is 11.8 Å². The van der Waals surface area contributed by atoms with Gasteiger partial charge in [0.2, 0.25) is 5.91 Å². The summed E-state index contributed by atoms with van der Waals surface area (Å²) in [5.74, 6) is 1.85. The lowest BCUT2D eigenvalue weighted by molar-refractivity contribution is -0.121. The van der Waals surface area contributed by atoms with Crippen LogP contribution in [0.4, 0.5) is 0 Å². The summed E-state index contributed by atoms with van der Waals surface area (Å²) < 4.78 is 0. The van der Waals surface area contributed by atoms with Crippen molar-refractivity contribution in [2.75, 3.05) is 0 Å². The Bertz CT molecular complexity index is 325. The Morgan fingerprint density at radius 1 is 1.05 bits per heavy atom. The van der Waals surface area contributed by atoms with E-state index in [0.717, 1.165) is 18.3 Å². The van der Waals surface area contributed by atoms with Gasteiger partial charge in [-0.2, -0.15) is 0 Å². The van der Waals surface area contributed by atoms with E-state index in [9.17, 15) is 4.79 Å². The molecule has 108 valence electrons. The highest BCUT2D eigenvalue weighted by molar-refractivity contribution is 5.78. The van der Waals surface area contributed by atoms with Crippen LogP contribution in [0.3, 0.4) is 0 Å². The Balaban J connectivity index is 1.68. The van der Waals surface area contributed by atoms with Crippen molar-refractivity contribution in [2.45, 2.75) is 83.2 Å². The summed E-state index contributed by atoms with van der Waals surface area (Å²) in [6, 6.07) is 1.10. The Morgan fingerprint density at radius 3 is 2.58 bits per heavy atom. The zero-order chi connectivity index (χ0) is 13.2. The van der Waals surface area contributed by atoms with Crippen molar-refractivity contribution < 1.29 is 4.79 Å². The average Bonchev–Trinajstić information content (AvgIpc) is 2.82.